The molecule has 1 aromatic heterocycles. The molecule has 1 N–H and O–H groups in total. The molecule has 0 amide bonds. The normalized spacial score (nSPS) is 24.5. The Morgan fingerprint density at radius 2 is 2.15 bits per heavy atom. The van der Waals surface area contributed by atoms with Gasteiger partial charge in [0.15, 0.2) is 0 Å². The molecule has 0 spiro atoms. The standard InChI is InChI=1S/C12H15FN2O4S/c1-8-2-3-9(12(16)17)7-15(8)20(18,19)11-4-10(13)5-14-6-11/h4-6,8-9H,2-3,7H2,1H3,(H,16,17). The molecule has 2 atom stereocenters. The summed E-state index contributed by atoms with van der Waals surface area (Å²) in [6.45, 7) is 1.61. The predicted octanol–water partition coefficient (Wildman–Crippen LogP) is 1.09. The van der Waals surface area contributed by atoms with Gasteiger partial charge < -0.3 is 5.11 Å². The Morgan fingerprint density at radius 3 is 2.75 bits per heavy atom. The van der Waals surface area contributed by atoms with Gasteiger partial charge in [0.25, 0.3) is 0 Å². The third-order valence-electron chi connectivity index (χ3n) is 3.46. The van der Waals surface area contributed by atoms with E-state index in [1.807, 2.05) is 0 Å². The van der Waals surface area contributed by atoms with Crippen LogP contribution in [-0.2, 0) is 14.8 Å². The topological polar surface area (TPSA) is 87.6 Å². The average Bonchev–Trinajstić information content (AvgIpc) is 2.38. The van der Waals surface area contributed by atoms with Gasteiger partial charge in [0.05, 0.1) is 12.1 Å². The second-order valence-corrected chi connectivity index (χ2v) is 6.77. The SMILES string of the molecule is CC1CCC(C(=O)O)CN1S(=O)(=O)c1cncc(F)c1. The maximum atomic E-state index is 13.1. The Balaban J connectivity index is 2.34. The summed E-state index contributed by atoms with van der Waals surface area (Å²) in [6.07, 6.45) is 2.87. The van der Waals surface area contributed by atoms with E-state index in [9.17, 15) is 17.6 Å². The summed E-state index contributed by atoms with van der Waals surface area (Å²) in [5.74, 6) is -2.50. The Hall–Kier alpha value is -1.54. The van der Waals surface area contributed by atoms with Crippen molar-refractivity contribution < 1.29 is 22.7 Å². The minimum absolute atomic E-state index is 0.102. The number of carbonyl (C=O) groups is 1. The predicted molar refractivity (Wildman–Crippen MR) is 67.9 cm³/mol. The van der Waals surface area contributed by atoms with Gasteiger partial charge in [-0.15, -0.1) is 0 Å². The van der Waals surface area contributed by atoms with Crippen molar-refractivity contribution in [2.75, 3.05) is 6.54 Å². The third-order valence-corrected chi connectivity index (χ3v) is 5.41. The zero-order chi connectivity index (χ0) is 14.9. The minimum Gasteiger partial charge on any atom is -0.481 e. The van der Waals surface area contributed by atoms with Crippen molar-refractivity contribution in [1.82, 2.24) is 9.29 Å². The van der Waals surface area contributed by atoms with Gasteiger partial charge in [-0.1, -0.05) is 0 Å². The van der Waals surface area contributed by atoms with Crippen LogP contribution in [0.5, 0.6) is 0 Å². The highest BCUT2D eigenvalue weighted by Gasteiger charge is 2.37. The van der Waals surface area contributed by atoms with Crippen LogP contribution in [0.1, 0.15) is 19.8 Å². The number of piperidine rings is 1. The van der Waals surface area contributed by atoms with Crippen LogP contribution < -0.4 is 0 Å². The van der Waals surface area contributed by atoms with Gasteiger partial charge in [-0.25, -0.2) is 12.8 Å². The van der Waals surface area contributed by atoms with E-state index in [-0.39, 0.29) is 17.5 Å². The van der Waals surface area contributed by atoms with Crippen molar-refractivity contribution in [2.24, 2.45) is 5.92 Å². The number of nitrogens with zero attached hydrogens (tertiary/aromatic N) is 2. The molecule has 1 aliphatic rings. The van der Waals surface area contributed by atoms with Crippen molar-refractivity contribution in [1.29, 1.82) is 0 Å². The number of aromatic nitrogens is 1. The van der Waals surface area contributed by atoms with Gasteiger partial charge in [-0.2, -0.15) is 4.31 Å². The number of carboxylic acid groups (broad SMARTS) is 1. The van der Waals surface area contributed by atoms with Crippen LogP contribution in [0.25, 0.3) is 0 Å². The highest BCUT2D eigenvalue weighted by atomic mass is 32.2. The van der Waals surface area contributed by atoms with E-state index in [2.05, 4.69) is 4.98 Å². The lowest BCUT2D eigenvalue weighted by molar-refractivity contribution is -0.143. The second kappa shape index (κ2) is 5.45. The van der Waals surface area contributed by atoms with Gasteiger partial charge in [0.2, 0.25) is 10.0 Å². The van der Waals surface area contributed by atoms with E-state index in [0.717, 1.165) is 22.8 Å². The number of hydrogen-bond donors (Lipinski definition) is 1. The summed E-state index contributed by atoms with van der Waals surface area (Å²) in [5, 5.41) is 9.03. The van der Waals surface area contributed by atoms with Gasteiger partial charge in [-0.05, 0) is 25.8 Å². The number of aliphatic carboxylic acids is 1. The highest BCUT2D eigenvalue weighted by molar-refractivity contribution is 7.89. The van der Waals surface area contributed by atoms with E-state index in [1.165, 1.54) is 0 Å². The molecule has 2 heterocycles. The maximum absolute atomic E-state index is 13.1. The highest BCUT2D eigenvalue weighted by Crippen LogP contribution is 2.28. The molecule has 1 aromatic rings. The molecule has 0 bridgehead atoms. The molecule has 1 fully saturated rings. The van der Waals surface area contributed by atoms with Gasteiger partial charge >= 0.3 is 5.97 Å². The molecule has 110 valence electrons. The van der Waals surface area contributed by atoms with Crippen LogP contribution in [-0.4, -0.2) is 41.4 Å². The molecule has 6 nitrogen and oxygen atoms in total. The lowest BCUT2D eigenvalue weighted by Crippen LogP contribution is -2.47. The van der Waals surface area contributed by atoms with E-state index in [4.69, 9.17) is 5.11 Å². The molecular weight excluding hydrogens is 287 g/mol. The first kappa shape index (κ1) is 14.9. The fourth-order valence-corrected chi connectivity index (χ4v) is 3.96. The second-order valence-electron chi connectivity index (χ2n) is 4.88. The first-order valence-electron chi connectivity index (χ1n) is 6.17. The van der Waals surface area contributed by atoms with Crippen molar-refractivity contribution in [3.63, 3.8) is 0 Å². The molecule has 8 heteroatoms. The van der Waals surface area contributed by atoms with Gasteiger partial charge in [0.1, 0.15) is 10.7 Å². The number of halogens is 1. The number of pyridine rings is 1. The van der Waals surface area contributed by atoms with Gasteiger partial charge in [-0.3, -0.25) is 9.78 Å². The monoisotopic (exact) mass is 302 g/mol. The summed E-state index contributed by atoms with van der Waals surface area (Å²) in [4.78, 5) is 14.3. The maximum Gasteiger partial charge on any atom is 0.307 e. The lowest BCUT2D eigenvalue weighted by atomic mass is 9.96. The summed E-state index contributed by atoms with van der Waals surface area (Å²) in [7, 11) is -3.93. The quantitative estimate of drug-likeness (QED) is 0.903. The van der Waals surface area contributed by atoms with Crippen molar-refractivity contribution in [3.8, 4) is 0 Å². The van der Waals surface area contributed by atoms with Crippen LogP contribution in [0.2, 0.25) is 0 Å². The molecule has 0 aromatic carbocycles. The first-order chi connectivity index (χ1) is 9.32. The van der Waals surface area contributed by atoms with Crippen molar-refractivity contribution in [2.45, 2.75) is 30.7 Å². The number of carboxylic acids is 1. The summed E-state index contributed by atoms with van der Waals surface area (Å²) in [6, 6.07) is 0.568. The Labute approximate surface area is 116 Å². The molecule has 2 rings (SSSR count). The molecule has 0 saturated carbocycles. The summed E-state index contributed by atoms with van der Waals surface area (Å²) >= 11 is 0. The summed E-state index contributed by atoms with van der Waals surface area (Å²) in [5.41, 5.74) is 0. The number of rotatable bonds is 3. The Bertz CT molecular complexity index is 620. The zero-order valence-corrected chi connectivity index (χ0v) is 11.7. The Kier molecular flexibility index (Phi) is 4.05. The smallest absolute Gasteiger partial charge is 0.307 e. The fourth-order valence-electron chi connectivity index (χ4n) is 2.28. The molecule has 1 aliphatic heterocycles. The molecule has 2 unspecified atom stereocenters. The Morgan fingerprint density at radius 1 is 1.45 bits per heavy atom. The molecule has 20 heavy (non-hydrogen) atoms. The van der Waals surface area contributed by atoms with E-state index < -0.39 is 27.7 Å². The lowest BCUT2D eigenvalue weighted by Gasteiger charge is -2.35. The fraction of sp³-hybridized carbons (Fsp3) is 0.500. The van der Waals surface area contributed by atoms with Crippen LogP contribution in [0.3, 0.4) is 0 Å². The zero-order valence-electron chi connectivity index (χ0n) is 10.9. The molecule has 0 aliphatic carbocycles. The van der Waals surface area contributed by atoms with Crippen LogP contribution >= 0.6 is 0 Å². The minimum atomic E-state index is -3.93. The number of sulfonamides is 1. The van der Waals surface area contributed by atoms with E-state index in [1.54, 1.807) is 6.92 Å². The van der Waals surface area contributed by atoms with Gasteiger partial charge in [0, 0.05) is 18.8 Å². The molecule has 0 radical (unpaired) electrons. The molecule has 1 saturated heterocycles. The van der Waals surface area contributed by atoms with Crippen molar-refractivity contribution >= 4 is 16.0 Å². The molecular formula is C12H15FN2O4S. The van der Waals surface area contributed by atoms with Crippen LogP contribution in [0.4, 0.5) is 4.39 Å². The largest absolute Gasteiger partial charge is 0.481 e. The first-order valence-corrected chi connectivity index (χ1v) is 7.61. The summed E-state index contributed by atoms with van der Waals surface area (Å²) < 4.78 is 39.1. The number of hydrogen-bond acceptors (Lipinski definition) is 4. The third kappa shape index (κ3) is 2.80. The average molecular weight is 302 g/mol. The van der Waals surface area contributed by atoms with Crippen LogP contribution in [0, 0.1) is 11.7 Å². The van der Waals surface area contributed by atoms with E-state index in [0.29, 0.717) is 12.8 Å². The van der Waals surface area contributed by atoms with Crippen LogP contribution in [0.15, 0.2) is 23.4 Å². The van der Waals surface area contributed by atoms with E-state index >= 15 is 0 Å². The van der Waals surface area contributed by atoms with Crippen molar-refractivity contribution in [3.05, 3.63) is 24.3 Å².